The highest BCUT2D eigenvalue weighted by Gasteiger charge is 2.20. The lowest BCUT2D eigenvalue weighted by molar-refractivity contribution is 0.0532. The number of rotatable bonds is 5. The van der Waals surface area contributed by atoms with Crippen molar-refractivity contribution in [3.8, 4) is 0 Å². The summed E-state index contributed by atoms with van der Waals surface area (Å²) in [5.74, 6) is 0. The van der Waals surface area contributed by atoms with Crippen LogP contribution in [0.4, 0.5) is 5.69 Å². The number of ether oxygens (including phenoxy) is 1. The second kappa shape index (κ2) is 9.02. The van der Waals surface area contributed by atoms with Crippen molar-refractivity contribution >= 4 is 16.5 Å². The van der Waals surface area contributed by atoms with E-state index >= 15 is 0 Å². The minimum absolute atomic E-state index is 0.160. The number of hydrogen-bond acceptors (Lipinski definition) is 6. The van der Waals surface area contributed by atoms with Gasteiger partial charge in [-0.15, -0.1) is 0 Å². The molecule has 3 aromatic rings. The van der Waals surface area contributed by atoms with E-state index in [2.05, 4.69) is 46.1 Å². The van der Waals surface area contributed by atoms with Gasteiger partial charge in [0, 0.05) is 43.8 Å². The molecule has 0 spiro atoms. The van der Waals surface area contributed by atoms with Crippen molar-refractivity contribution in [2.75, 3.05) is 37.7 Å². The van der Waals surface area contributed by atoms with E-state index in [4.69, 9.17) is 4.74 Å². The molecule has 1 aromatic heterocycles. The molecule has 0 aliphatic carbocycles. The maximum atomic E-state index is 13.0. The van der Waals surface area contributed by atoms with Crippen molar-refractivity contribution in [1.82, 2.24) is 14.7 Å². The largest absolute Gasteiger partial charge is 0.390 e. The average molecular weight is 435 g/mol. The van der Waals surface area contributed by atoms with E-state index in [1.54, 1.807) is 6.20 Å². The summed E-state index contributed by atoms with van der Waals surface area (Å²) < 4.78 is 7.02. The first kappa shape index (κ1) is 21.1. The van der Waals surface area contributed by atoms with Gasteiger partial charge in [0.05, 0.1) is 36.9 Å². The van der Waals surface area contributed by atoms with Gasteiger partial charge in [-0.25, -0.2) is 4.68 Å². The number of anilines is 1. The highest BCUT2D eigenvalue weighted by Crippen LogP contribution is 2.22. The van der Waals surface area contributed by atoms with Crippen LogP contribution in [0, 0.1) is 0 Å². The molecule has 1 saturated heterocycles. The summed E-state index contributed by atoms with van der Waals surface area (Å²) in [6.45, 7) is 6.91. The molecule has 2 aliphatic rings. The number of morpholine rings is 1. The molecule has 168 valence electrons. The molecule has 5 rings (SSSR count). The molecule has 1 N–H and O–H groups in total. The van der Waals surface area contributed by atoms with Crippen molar-refractivity contribution in [3.05, 3.63) is 70.1 Å². The third kappa shape index (κ3) is 4.41. The number of nitrogens with zero attached hydrogens (tertiary/aromatic N) is 4. The first-order valence-corrected chi connectivity index (χ1v) is 11.4. The summed E-state index contributed by atoms with van der Waals surface area (Å²) in [7, 11) is 0. The standard InChI is InChI=1S/C25H30N4O3/c1-18-14-28(10-11-32-18)22-6-7-24-21(12-22)13-26-29(25(24)31)17-23(30)16-27-9-8-19-4-2-3-5-20(19)15-27/h2-7,12-13,18,23,30H,8-11,14-17H2,1H3/t18-,23+/m0/s1. The summed E-state index contributed by atoms with van der Waals surface area (Å²) >= 11 is 0. The number of aliphatic hydroxyl groups excluding tert-OH is 1. The van der Waals surface area contributed by atoms with E-state index in [9.17, 15) is 9.90 Å². The van der Waals surface area contributed by atoms with Gasteiger partial charge in [-0.05, 0) is 42.7 Å². The topological polar surface area (TPSA) is 70.8 Å². The van der Waals surface area contributed by atoms with Gasteiger partial charge in [0.2, 0.25) is 0 Å². The Hall–Kier alpha value is -2.74. The van der Waals surface area contributed by atoms with Crippen LogP contribution in [-0.4, -0.2) is 64.8 Å². The predicted octanol–water partition coefficient (Wildman–Crippen LogP) is 2.04. The monoisotopic (exact) mass is 434 g/mol. The van der Waals surface area contributed by atoms with Crippen molar-refractivity contribution in [2.24, 2.45) is 0 Å². The molecule has 0 radical (unpaired) electrons. The van der Waals surface area contributed by atoms with Crippen LogP contribution in [-0.2, 0) is 24.2 Å². The molecule has 0 saturated carbocycles. The Morgan fingerprint density at radius 2 is 2.00 bits per heavy atom. The highest BCUT2D eigenvalue weighted by atomic mass is 16.5. The van der Waals surface area contributed by atoms with Crippen LogP contribution in [0.25, 0.3) is 10.8 Å². The van der Waals surface area contributed by atoms with Crippen molar-refractivity contribution in [2.45, 2.75) is 38.6 Å². The lowest BCUT2D eigenvalue weighted by Crippen LogP contribution is -2.41. The van der Waals surface area contributed by atoms with E-state index in [1.165, 1.54) is 15.8 Å². The molecule has 0 amide bonds. The number of β-amino-alcohol motifs (C(OH)–C–C–N with tert-alkyl or cyclic N) is 1. The summed E-state index contributed by atoms with van der Waals surface area (Å²) in [4.78, 5) is 17.5. The van der Waals surface area contributed by atoms with Crippen LogP contribution in [0.2, 0.25) is 0 Å². The second-order valence-corrected chi connectivity index (χ2v) is 8.94. The zero-order valence-electron chi connectivity index (χ0n) is 18.5. The van der Waals surface area contributed by atoms with Crippen molar-refractivity contribution in [3.63, 3.8) is 0 Å². The fourth-order valence-electron chi connectivity index (χ4n) is 4.82. The Labute approximate surface area is 187 Å². The molecular formula is C25H30N4O3. The van der Waals surface area contributed by atoms with E-state index < -0.39 is 6.10 Å². The second-order valence-electron chi connectivity index (χ2n) is 8.94. The summed E-state index contributed by atoms with van der Waals surface area (Å²) in [6.07, 6.45) is 2.26. The molecule has 2 aromatic carbocycles. The van der Waals surface area contributed by atoms with Gasteiger partial charge in [0.25, 0.3) is 5.56 Å². The van der Waals surface area contributed by atoms with E-state index in [0.29, 0.717) is 18.5 Å². The van der Waals surface area contributed by atoms with E-state index in [-0.39, 0.29) is 18.2 Å². The van der Waals surface area contributed by atoms with Gasteiger partial charge in [-0.1, -0.05) is 24.3 Å². The Bertz CT molecular complexity index is 1160. The van der Waals surface area contributed by atoms with Crippen molar-refractivity contribution in [1.29, 1.82) is 0 Å². The first-order valence-electron chi connectivity index (χ1n) is 11.4. The lowest BCUT2D eigenvalue weighted by atomic mass is 10.00. The maximum absolute atomic E-state index is 13.0. The Morgan fingerprint density at radius 3 is 2.84 bits per heavy atom. The zero-order chi connectivity index (χ0) is 22.1. The van der Waals surface area contributed by atoms with Crippen LogP contribution in [0.15, 0.2) is 53.5 Å². The fourth-order valence-corrected chi connectivity index (χ4v) is 4.82. The summed E-state index contributed by atoms with van der Waals surface area (Å²) in [5, 5.41) is 16.5. The van der Waals surface area contributed by atoms with E-state index in [0.717, 1.165) is 43.7 Å². The first-order chi connectivity index (χ1) is 15.6. The molecular weight excluding hydrogens is 404 g/mol. The normalized spacial score (nSPS) is 20.3. The molecule has 32 heavy (non-hydrogen) atoms. The fraction of sp³-hybridized carbons (Fsp3) is 0.440. The minimum atomic E-state index is -0.656. The summed E-state index contributed by atoms with van der Waals surface area (Å²) in [5.41, 5.74) is 3.62. The van der Waals surface area contributed by atoms with Crippen LogP contribution >= 0.6 is 0 Å². The smallest absolute Gasteiger partial charge is 0.274 e. The van der Waals surface area contributed by atoms with Crippen LogP contribution < -0.4 is 10.5 Å². The highest BCUT2D eigenvalue weighted by molar-refractivity contribution is 5.84. The lowest BCUT2D eigenvalue weighted by Gasteiger charge is -2.33. The number of fused-ring (bicyclic) bond motifs is 2. The van der Waals surface area contributed by atoms with Gasteiger partial charge in [-0.2, -0.15) is 5.10 Å². The number of benzene rings is 2. The van der Waals surface area contributed by atoms with Crippen molar-refractivity contribution < 1.29 is 9.84 Å². The molecule has 0 unspecified atom stereocenters. The minimum Gasteiger partial charge on any atom is -0.390 e. The predicted molar refractivity (Wildman–Crippen MR) is 125 cm³/mol. The molecule has 3 heterocycles. The Balaban J connectivity index is 1.27. The molecule has 2 aliphatic heterocycles. The van der Waals surface area contributed by atoms with Gasteiger partial charge in [-0.3, -0.25) is 9.69 Å². The molecule has 0 bridgehead atoms. The van der Waals surface area contributed by atoms with E-state index in [1.807, 2.05) is 18.2 Å². The third-order valence-corrected chi connectivity index (χ3v) is 6.50. The van der Waals surface area contributed by atoms with Gasteiger partial charge < -0.3 is 14.7 Å². The Kier molecular flexibility index (Phi) is 5.95. The molecule has 2 atom stereocenters. The SMILES string of the molecule is C[C@H]1CN(c2ccc3c(=O)n(C[C@H](O)CN4CCc5ccccc5C4)ncc3c2)CCO1. The van der Waals surface area contributed by atoms with Crippen LogP contribution in [0.3, 0.4) is 0 Å². The summed E-state index contributed by atoms with van der Waals surface area (Å²) in [6, 6.07) is 14.3. The van der Waals surface area contributed by atoms with Crippen LogP contribution in [0.1, 0.15) is 18.1 Å². The van der Waals surface area contributed by atoms with Crippen LogP contribution in [0.5, 0.6) is 0 Å². The maximum Gasteiger partial charge on any atom is 0.274 e. The number of hydrogen-bond donors (Lipinski definition) is 1. The quantitative estimate of drug-likeness (QED) is 0.663. The van der Waals surface area contributed by atoms with Gasteiger partial charge >= 0.3 is 0 Å². The molecule has 7 nitrogen and oxygen atoms in total. The average Bonchev–Trinajstić information content (AvgIpc) is 2.80. The third-order valence-electron chi connectivity index (χ3n) is 6.50. The van der Waals surface area contributed by atoms with Gasteiger partial charge in [0.15, 0.2) is 0 Å². The number of aliphatic hydroxyl groups is 1. The van der Waals surface area contributed by atoms with Gasteiger partial charge in [0.1, 0.15) is 0 Å². The molecule has 1 fully saturated rings. The molecule has 7 heteroatoms. The Morgan fingerprint density at radius 1 is 1.16 bits per heavy atom. The number of aromatic nitrogens is 2. The zero-order valence-corrected chi connectivity index (χ0v) is 18.5.